The van der Waals surface area contributed by atoms with E-state index >= 15 is 0 Å². The number of hydrogen-bond donors (Lipinski definition) is 0. The van der Waals surface area contributed by atoms with Gasteiger partial charge in [-0.1, -0.05) is 42.5 Å². The number of nitrogens with zero attached hydrogens (tertiary/aromatic N) is 3. The van der Waals surface area contributed by atoms with Gasteiger partial charge in [0.2, 0.25) is 0 Å². The van der Waals surface area contributed by atoms with Gasteiger partial charge in [0.05, 0.1) is 16.2 Å². The topological polar surface area (TPSA) is 113 Å². The molecule has 2 aromatic heterocycles. The summed E-state index contributed by atoms with van der Waals surface area (Å²) in [4.78, 5) is 50.7. The highest BCUT2D eigenvalue weighted by atomic mass is 32.1. The maximum atomic E-state index is 13.9. The van der Waals surface area contributed by atoms with E-state index in [1.165, 1.54) is 29.7 Å². The molecule has 0 atom stereocenters. The summed E-state index contributed by atoms with van der Waals surface area (Å²) in [6.45, 7) is 1.30. The molecular formula is C27H17N3O6S2. The first-order valence-electron chi connectivity index (χ1n) is 11.2. The van der Waals surface area contributed by atoms with Gasteiger partial charge >= 0.3 is 5.97 Å². The number of esters is 1. The van der Waals surface area contributed by atoms with Crippen molar-refractivity contribution in [2.24, 2.45) is 0 Å². The third kappa shape index (κ3) is 4.33. The molecule has 0 aliphatic carbocycles. The number of ketones is 1. The number of para-hydroxylation sites is 2. The van der Waals surface area contributed by atoms with Gasteiger partial charge in [-0.05, 0) is 42.5 Å². The molecule has 11 heteroatoms. The fourth-order valence-electron chi connectivity index (χ4n) is 3.97. The minimum absolute atomic E-state index is 0.0136. The van der Waals surface area contributed by atoms with Gasteiger partial charge < -0.3 is 4.74 Å². The SMILES string of the molecule is CC(=O)c1sc2c(c1OC(=O)c1cccc([N+](=O)[O-])c1)c(=O)n(-c1ccccc1)c(=S)n2-c1ccccc1. The van der Waals surface area contributed by atoms with Gasteiger partial charge in [0.25, 0.3) is 11.2 Å². The van der Waals surface area contributed by atoms with E-state index in [9.17, 15) is 24.5 Å². The van der Waals surface area contributed by atoms with Crippen molar-refractivity contribution in [3.63, 3.8) is 0 Å². The van der Waals surface area contributed by atoms with Crippen LogP contribution in [-0.2, 0) is 0 Å². The number of thiophene rings is 1. The number of Topliss-reactive ketones (excluding diaryl/α,β-unsaturated/α-hetero) is 1. The van der Waals surface area contributed by atoms with Crippen LogP contribution in [0.15, 0.2) is 89.7 Å². The minimum atomic E-state index is -0.949. The first-order valence-corrected chi connectivity index (χ1v) is 12.4. The van der Waals surface area contributed by atoms with Crippen molar-refractivity contribution in [1.82, 2.24) is 9.13 Å². The molecule has 0 aliphatic heterocycles. The molecule has 0 bridgehead atoms. The quantitative estimate of drug-likeness (QED) is 0.0861. The molecule has 3 aromatic carbocycles. The summed E-state index contributed by atoms with van der Waals surface area (Å²) >= 11 is 6.75. The zero-order chi connectivity index (χ0) is 27.0. The minimum Gasteiger partial charge on any atom is -0.420 e. The summed E-state index contributed by atoms with van der Waals surface area (Å²) in [5.41, 5.74) is 0.146. The Bertz CT molecular complexity index is 1860. The first kappa shape index (κ1) is 24.9. The molecule has 38 heavy (non-hydrogen) atoms. The van der Waals surface area contributed by atoms with Crippen LogP contribution in [0, 0.1) is 14.9 Å². The number of nitro groups is 1. The average Bonchev–Trinajstić information content (AvgIpc) is 3.29. The monoisotopic (exact) mass is 543 g/mol. The molecule has 0 fully saturated rings. The van der Waals surface area contributed by atoms with Gasteiger partial charge in [-0.2, -0.15) is 0 Å². The summed E-state index contributed by atoms with van der Waals surface area (Å²) < 4.78 is 8.78. The van der Waals surface area contributed by atoms with E-state index < -0.39 is 22.2 Å². The number of non-ortho nitro benzene ring substituents is 1. The van der Waals surface area contributed by atoms with Crippen molar-refractivity contribution in [3.05, 3.63) is 121 Å². The Morgan fingerprint density at radius 2 is 1.53 bits per heavy atom. The van der Waals surface area contributed by atoms with Crippen molar-refractivity contribution in [1.29, 1.82) is 0 Å². The number of aromatic nitrogens is 2. The van der Waals surface area contributed by atoms with Crippen LogP contribution in [0.1, 0.15) is 27.0 Å². The molecule has 0 aliphatic rings. The third-order valence-corrected chi connectivity index (χ3v) is 7.31. The number of nitro benzene ring substituents is 1. The van der Waals surface area contributed by atoms with Gasteiger partial charge in [-0.15, -0.1) is 11.3 Å². The van der Waals surface area contributed by atoms with Gasteiger partial charge in [0.1, 0.15) is 15.1 Å². The zero-order valence-electron chi connectivity index (χ0n) is 19.7. The standard InChI is InChI=1S/C27H17N3O6S2/c1-16(31)23-22(36-26(33)17-9-8-14-20(15-17)30(34)35)21-24(32)28(18-10-4-2-5-11-18)27(37)29(25(21)38-23)19-12-6-3-7-13-19/h2-15H,1H3. The first-order chi connectivity index (χ1) is 18.3. The van der Waals surface area contributed by atoms with Gasteiger partial charge in [-0.3, -0.25) is 28.8 Å². The highest BCUT2D eigenvalue weighted by molar-refractivity contribution is 7.71. The van der Waals surface area contributed by atoms with Crippen molar-refractivity contribution in [2.45, 2.75) is 6.92 Å². The highest BCUT2D eigenvalue weighted by Gasteiger charge is 2.27. The summed E-state index contributed by atoms with van der Waals surface area (Å²) in [5, 5.41) is 11.2. The fourth-order valence-corrected chi connectivity index (χ4v) is 5.55. The normalized spacial score (nSPS) is 10.9. The van der Waals surface area contributed by atoms with E-state index in [2.05, 4.69) is 0 Å². The Hall–Kier alpha value is -4.74. The fraction of sp³-hybridized carbons (Fsp3) is 0.0370. The van der Waals surface area contributed by atoms with Crippen LogP contribution in [0.5, 0.6) is 5.75 Å². The summed E-state index contributed by atoms with van der Waals surface area (Å²) in [6.07, 6.45) is 0. The summed E-state index contributed by atoms with van der Waals surface area (Å²) in [5.74, 6) is -1.59. The Morgan fingerprint density at radius 3 is 2.11 bits per heavy atom. The maximum Gasteiger partial charge on any atom is 0.343 e. The van der Waals surface area contributed by atoms with E-state index in [1.54, 1.807) is 47.0 Å². The molecule has 0 radical (unpaired) electrons. The average molecular weight is 544 g/mol. The lowest BCUT2D eigenvalue weighted by atomic mass is 10.2. The van der Waals surface area contributed by atoms with Crippen molar-refractivity contribution >= 4 is 51.2 Å². The zero-order valence-corrected chi connectivity index (χ0v) is 21.3. The number of ether oxygens (including phenoxy) is 1. The Labute approximate surface area is 223 Å². The molecule has 0 saturated heterocycles. The number of hydrogen-bond acceptors (Lipinski definition) is 8. The predicted octanol–water partition coefficient (Wildman–Crippen LogP) is 5.90. The smallest absolute Gasteiger partial charge is 0.343 e. The lowest BCUT2D eigenvalue weighted by molar-refractivity contribution is -0.384. The molecule has 0 saturated carbocycles. The van der Waals surface area contributed by atoms with Crippen LogP contribution >= 0.6 is 23.6 Å². The van der Waals surface area contributed by atoms with Crippen molar-refractivity contribution < 1.29 is 19.2 Å². The number of benzene rings is 3. The second-order valence-corrected chi connectivity index (χ2v) is 9.49. The molecule has 2 heterocycles. The van der Waals surface area contributed by atoms with Gasteiger partial charge in [-0.25, -0.2) is 4.79 Å². The third-order valence-electron chi connectivity index (χ3n) is 5.68. The largest absolute Gasteiger partial charge is 0.420 e. The van der Waals surface area contributed by atoms with Gasteiger partial charge in [0.15, 0.2) is 16.3 Å². The Kier molecular flexibility index (Phi) is 6.53. The van der Waals surface area contributed by atoms with Crippen LogP contribution in [-0.4, -0.2) is 25.8 Å². The second-order valence-electron chi connectivity index (χ2n) is 8.12. The van der Waals surface area contributed by atoms with Gasteiger partial charge in [0, 0.05) is 24.7 Å². The highest BCUT2D eigenvalue weighted by Crippen LogP contribution is 2.38. The molecule has 0 unspecified atom stereocenters. The molecule has 5 aromatic rings. The van der Waals surface area contributed by atoms with E-state index in [-0.39, 0.29) is 32.0 Å². The summed E-state index contributed by atoms with van der Waals surface area (Å²) in [6, 6.07) is 22.8. The van der Waals surface area contributed by atoms with E-state index in [0.717, 1.165) is 17.4 Å². The van der Waals surface area contributed by atoms with Crippen LogP contribution in [0.25, 0.3) is 21.6 Å². The second kappa shape index (κ2) is 9.96. The number of carbonyl (C=O) groups is 2. The molecule has 188 valence electrons. The van der Waals surface area contributed by atoms with E-state index in [0.29, 0.717) is 16.2 Å². The molecule has 0 spiro atoms. The Balaban J connectivity index is 1.83. The van der Waals surface area contributed by atoms with Crippen LogP contribution < -0.4 is 10.3 Å². The molecular weight excluding hydrogens is 526 g/mol. The molecule has 5 rings (SSSR count). The van der Waals surface area contributed by atoms with Crippen LogP contribution in [0.3, 0.4) is 0 Å². The number of fused-ring (bicyclic) bond motifs is 1. The number of carbonyl (C=O) groups excluding carboxylic acids is 2. The van der Waals surface area contributed by atoms with Crippen molar-refractivity contribution in [2.75, 3.05) is 0 Å². The van der Waals surface area contributed by atoms with Crippen molar-refractivity contribution in [3.8, 4) is 17.1 Å². The van der Waals surface area contributed by atoms with E-state index in [1.807, 2.05) is 18.2 Å². The lowest BCUT2D eigenvalue weighted by Crippen LogP contribution is -2.24. The van der Waals surface area contributed by atoms with Crippen LogP contribution in [0.2, 0.25) is 0 Å². The molecule has 0 N–H and O–H groups in total. The lowest BCUT2D eigenvalue weighted by Gasteiger charge is -2.14. The van der Waals surface area contributed by atoms with Crippen LogP contribution in [0.4, 0.5) is 5.69 Å². The maximum absolute atomic E-state index is 13.9. The predicted molar refractivity (Wildman–Crippen MR) is 146 cm³/mol. The van der Waals surface area contributed by atoms with E-state index in [4.69, 9.17) is 17.0 Å². The summed E-state index contributed by atoms with van der Waals surface area (Å²) in [7, 11) is 0. The molecule has 9 nitrogen and oxygen atoms in total. The Morgan fingerprint density at radius 1 is 0.921 bits per heavy atom. The number of rotatable bonds is 6. The molecule has 0 amide bonds.